The van der Waals surface area contributed by atoms with Crippen LogP contribution in [0.2, 0.25) is 0 Å². The van der Waals surface area contributed by atoms with E-state index in [9.17, 15) is 4.79 Å². The number of rotatable bonds is 7. The Kier molecular flexibility index (Phi) is 6.45. The average molecular weight is 439 g/mol. The van der Waals surface area contributed by atoms with E-state index < -0.39 is 0 Å². The smallest absolute Gasteiger partial charge is 0.272 e. The third-order valence-electron chi connectivity index (χ3n) is 6.02. The van der Waals surface area contributed by atoms with Gasteiger partial charge in [0.1, 0.15) is 23.0 Å². The van der Waals surface area contributed by atoms with Gasteiger partial charge < -0.3 is 18.9 Å². The number of aromatic nitrogens is 4. The maximum atomic E-state index is 13.2. The number of amides is 1. The van der Waals surface area contributed by atoms with Crippen LogP contribution < -0.4 is 9.47 Å². The van der Waals surface area contributed by atoms with Gasteiger partial charge in [0.2, 0.25) is 0 Å². The minimum atomic E-state index is -0.00165. The van der Waals surface area contributed by atoms with Gasteiger partial charge in [0.15, 0.2) is 0 Å². The summed E-state index contributed by atoms with van der Waals surface area (Å²) in [6, 6.07) is 7.38. The number of piperazine rings is 1. The summed E-state index contributed by atoms with van der Waals surface area (Å²) in [5.74, 6) is 2.42. The van der Waals surface area contributed by atoms with Crippen LogP contribution in [0.1, 0.15) is 16.3 Å². The van der Waals surface area contributed by atoms with Gasteiger partial charge in [-0.3, -0.25) is 14.4 Å². The number of hydrogen-bond acceptors (Lipinski definition) is 6. The largest absolute Gasteiger partial charge is 0.497 e. The third kappa shape index (κ3) is 4.47. The van der Waals surface area contributed by atoms with Gasteiger partial charge in [0.25, 0.3) is 5.91 Å². The molecule has 0 atom stereocenters. The first-order valence-corrected chi connectivity index (χ1v) is 10.8. The van der Waals surface area contributed by atoms with Gasteiger partial charge in [-0.05, 0) is 31.2 Å². The molecular weight excluding hydrogens is 408 g/mol. The lowest BCUT2D eigenvalue weighted by molar-refractivity contribution is 0.0622. The van der Waals surface area contributed by atoms with Crippen molar-refractivity contribution in [2.24, 2.45) is 7.05 Å². The predicted octanol–water partition coefficient (Wildman–Crippen LogP) is 2.07. The topological polar surface area (TPSA) is 77.7 Å². The van der Waals surface area contributed by atoms with Crippen molar-refractivity contribution in [3.63, 3.8) is 0 Å². The third-order valence-corrected chi connectivity index (χ3v) is 6.02. The first kappa shape index (κ1) is 21.9. The Balaban J connectivity index is 1.42. The quantitative estimate of drug-likeness (QED) is 0.562. The van der Waals surface area contributed by atoms with Gasteiger partial charge >= 0.3 is 0 Å². The van der Waals surface area contributed by atoms with E-state index >= 15 is 0 Å². The normalized spacial score (nSPS) is 14.6. The summed E-state index contributed by atoms with van der Waals surface area (Å²) in [5.41, 5.74) is 2.04. The Bertz CT molecular complexity index is 1080. The summed E-state index contributed by atoms with van der Waals surface area (Å²) in [6.07, 6.45) is 3.83. The van der Waals surface area contributed by atoms with E-state index in [0.29, 0.717) is 36.0 Å². The zero-order valence-corrected chi connectivity index (χ0v) is 19.1. The highest BCUT2D eigenvalue weighted by Crippen LogP contribution is 2.33. The second-order valence-electron chi connectivity index (χ2n) is 7.91. The van der Waals surface area contributed by atoms with Crippen LogP contribution in [-0.2, 0) is 13.6 Å². The van der Waals surface area contributed by atoms with Crippen LogP contribution >= 0.6 is 0 Å². The monoisotopic (exact) mass is 438 g/mol. The Hall–Kier alpha value is -3.33. The number of aryl methyl sites for hydroxylation is 2. The van der Waals surface area contributed by atoms with Crippen LogP contribution in [-0.4, -0.2) is 82.0 Å². The van der Waals surface area contributed by atoms with E-state index in [4.69, 9.17) is 9.47 Å². The van der Waals surface area contributed by atoms with Crippen molar-refractivity contribution in [2.75, 3.05) is 46.9 Å². The Morgan fingerprint density at radius 1 is 1.06 bits per heavy atom. The van der Waals surface area contributed by atoms with Gasteiger partial charge in [-0.2, -0.15) is 5.10 Å². The van der Waals surface area contributed by atoms with Gasteiger partial charge in [0.05, 0.1) is 19.9 Å². The average Bonchev–Trinajstić information content (AvgIpc) is 3.42. The van der Waals surface area contributed by atoms with Crippen molar-refractivity contribution < 1.29 is 14.3 Å². The molecule has 9 heteroatoms. The number of nitrogens with zero attached hydrogens (tertiary/aromatic N) is 6. The van der Waals surface area contributed by atoms with E-state index in [0.717, 1.165) is 37.6 Å². The highest BCUT2D eigenvalue weighted by molar-refractivity contribution is 5.94. The number of carbonyl (C=O) groups is 1. The molecule has 1 aromatic carbocycles. The molecule has 4 rings (SSSR count). The van der Waals surface area contributed by atoms with Crippen molar-refractivity contribution in [3.05, 3.63) is 48.2 Å². The minimum absolute atomic E-state index is 0.00165. The van der Waals surface area contributed by atoms with E-state index in [1.807, 2.05) is 48.5 Å². The Labute approximate surface area is 188 Å². The highest BCUT2D eigenvalue weighted by atomic mass is 16.5. The van der Waals surface area contributed by atoms with E-state index in [2.05, 4.69) is 19.5 Å². The molecule has 0 bridgehead atoms. The molecule has 2 aromatic heterocycles. The molecule has 0 unspecified atom stereocenters. The van der Waals surface area contributed by atoms with Crippen LogP contribution in [0.25, 0.3) is 11.3 Å². The number of hydrogen-bond donors (Lipinski definition) is 0. The molecule has 0 saturated carbocycles. The fourth-order valence-corrected chi connectivity index (χ4v) is 4.04. The fraction of sp³-hybridized carbons (Fsp3) is 0.435. The summed E-state index contributed by atoms with van der Waals surface area (Å²) >= 11 is 0. The molecule has 170 valence electrons. The standard InChI is InChI=1S/C23H30N6O3/c1-17-24-7-8-28(17)12-9-27-10-13-29(14-11-27)23(30)21-16-20(25-26(21)2)19-15-18(31-3)5-6-22(19)32-4/h5-8,15-16H,9-14H2,1-4H3. The zero-order valence-electron chi connectivity index (χ0n) is 19.1. The SMILES string of the molecule is COc1ccc(OC)c(-c2cc(C(=O)N3CCN(CCn4ccnc4C)CC3)n(C)n2)c1. The fourth-order valence-electron chi connectivity index (χ4n) is 4.04. The summed E-state index contributed by atoms with van der Waals surface area (Å²) < 4.78 is 14.6. The molecule has 1 fully saturated rings. The van der Waals surface area contributed by atoms with E-state index in [1.165, 1.54) is 0 Å². The molecule has 32 heavy (non-hydrogen) atoms. The number of benzene rings is 1. The summed E-state index contributed by atoms with van der Waals surface area (Å²) in [5, 5.41) is 4.58. The maximum absolute atomic E-state index is 13.2. The Morgan fingerprint density at radius 3 is 2.50 bits per heavy atom. The first-order chi connectivity index (χ1) is 15.5. The molecule has 3 heterocycles. The molecule has 1 aliphatic heterocycles. The summed E-state index contributed by atoms with van der Waals surface area (Å²) in [7, 11) is 5.04. The molecule has 1 amide bonds. The molecule has 0 spiro atoms. The maximum Gasteiger partial charge on any atom is 0.272 e. The summed E-state index contributed by atoms with van der Waals surface area (Å²) in [4.78, 5) is 21.8. The molecule has 1 saturated heterocycles. The number of ether oxygens (including phenoxy) is 2. The minimum Gasteiger partial charge on any atom is -0.497 e. The lowest BCUT2D eigenvalue weighted by Gasteiger charge is -2.34. The lowest BCUT2D eigenvalue weighted by atomic mass is 10.1. The molecule has 0 radical (unpaired) electrons. The van der Waals surface area contributed by atoms with Crippen LogP contribution in [0.15, 0.2) is 36.7 Å². The predicted molar refractivity (Wildman–Crippen MR) is 121 cm³/mol. The lowest BCUT2D eigenvalue weighted by Crippen LogP contribution is -2.49. The second kappa shape index (κ2) is 9.44. The molecule has 9 nitrogen and oxygen atoms in total. The van der Waals surface area contributed by atoms with Gasteiger partial charge in [-0.15, -0.1) is 0 Å². The van der Waals surface area contributed by atoms with Crippen molar-refractivity contribution >= 4 is 5.91 Å². The second-order valence-corrected chi connectivity index (χ2v) is 7.91. The van der Waals surface area contributed by atoms with Crippen LogP contribution in [0.5, 0.6) is 11.5 Å². The van der Waals surface area contributed by atoms with Crippen molar-refractivity contribution in [2.45, 2.75) is 13.5 Å². The number of carbonyl (C=O) groups excluding carboxylic acids is 1. The van der Waals surface area contributed by atoms with Crippen molar-refractivity contribution in [3.8, 4) is 22.8 Å². The van der Waals surface area contributed by atoms with Gasteiger partial charge in [-0.1, -0.05) is 0 Å². The number of methoxy groups -OCH3 is 2. The zero-order chi connectivity index (χ0) is 22.7. The van der Waals surface area contributed by atoms with Crippen molar-refractivity contribution in [1.82, 2.24) is 29.1 Å². The number of imidazole rings is 1. The van der Waals surface area contributed by atoms with Gasteiger partial charge in [-0.25, -0.2) is 4.98 Å². The van der Waals surface area contributed by atoms with Crippen LogP contribution in [0.3, 0.4) is 0 Å². The van der Waals surface area contributed by atoms with Crippen LogP contribution in [0.4, 0.5) is 0 Å². The highest BCUT2D eigenvalue weighted by Gasteiger charge is 2.25. The Morgan fingerprint density at radius 2 is 1.84 bits per heavy atom. The van der Waals surface area contributed by atoms with Gasteiger partial charge in [0, 0.05) is 64.3 Å². The van der Waals surface area contributed by atoms with E-state index in [1.54, 1.807) is 25.9 Å². The molecule has 1 aliphatic rings. The first-order valence-electron chi connectivity index (χ1n) is 10.8. The molecule has 0 N–H and O–H groups in total. The van der Waals surface area contributed by atoms with Crippen molar-refractivity contribution in [1.29, 1.82) is 0 Å². The molecule has 3 aromatic rings. The van der Waals surface area contributed by atoms with E-state index in [-0.39, 0.29) is 5.91 Å². The molecule has 0 aliphatic carbocycles. The molecular formula is C23H30N6O3. The summed E-state index contributed by atoms with van der Waals surface area (Å²) in [6.45, 7) is 6.98. The van der Waals surface area contributed by atoms with Crippen LogP contribution in [0, 0.1) is 6.92 Å².